The lowest BCUT2D eigenvalue weighted by Gasteiger charge is -2.11. The van der Waals surface area contributed by atoms with Crippen LogP contribution in [0.25, 0.3) is 0 Å². The second-order valence-corrected chi connectivity index (χ2v) is 3.85. The van der Waals surface area contributed by atoms with Crippen molar-refractivity contribution in [1.29, 1.82) is 5.26 Å². The maximum Gasteiger partial charge on any atom is 0.100 e. The van der Waals surface area contributed by atoms with Crippen molar-refractivity contribution < 1.29 is 10.2 Å². The fourth-order valence-electron chi connectivity index (χ4n) is 0.964. The van der Waals surface area contributed by atoms with Crippen LogP contribution < -0.4 is 5.32 Å². The molecular weight excluding hydrogens is 200 g/mol. The highest BCUT2D eigenvalue weighted by Crippen LogP contribution is 2.13. The molecule has 0 saturated heterocycles. The molecule has 3 N–H and O–H groups in total. The largest absolute Gasteiger partial charge is 0.395 e. The molecule has 0 radical (unpaired) electrons. The summed E-state index contributed by atoms with van der Waals surface area (Å²) < 4.78 is 0. The van der Waals surface area contributed by atoms with Crippen LogP contribution in [0.1, 0.15) is 10.4 Å². The molecule has 0 bridgehead atoms. The Morgan fingerprint density at radius 3 is 2.71 bits per heavy atom. The first-order chi connectivity index (χ1) is 6.80. The number of hydrogen-bond donors (Lipinski definition) is 3. The molecule has 1 aromatic rings. The van der Waals surface area contributed by atoms with Gasteiger partial charge in [0.05, 0.1) is 24.8 Å². The molecule has 0 aliphatic heterocycles. The van der Waals surface area contributed by atoms with Gasteiger partial charge in [-0.3, -0.25) is 0 Å². The molecule has 5 heteroatoms. The molecule has 0 amide bonds. The molecule has 0 aromatic carbocycles. The van der Waals surface area contributed by atoms with Crippen LogP contribution in [0.4, 0.5) is 0 Å². The van der Waals surface area contributed by atoms with Gasteiger partial charge < -0.3 is 15.5 Å². The molecule has 0 unspecified atom stereocenters. The normalized spacial score (nSPS) is 10.4. The van der Waals surface area contributed by atoms with Gasteiger partial charge in [0.1, 0.15) is 6.07 Å². The number of nitrogens with zero attached hydrogens (tertiary/aromatic N) is 1. The number of hydrogen-bond acceptors (Lipinski definition) is 5. The van der Waals surface area contributed by atoms with Gasteiger partial charge in [-0.05, 0) is 6.07 Å². The van der Waals surface area contributed by atoms with Crippen molar-refractivity contribution in [3.8, 4) is 6.07 Å². The lowest BCUT2D eigenvalue weighted by Crippen LogP contribution is -2.34. The Labute approximate surface area is 86.4 Å². The highest BCUT2D eigenvalue weighted by atomic mass is 32.1. The highest BCUT2D eigenvalue weighted by Gasteiger charge is 2.05. The van der Waals surface area contributed by atoms with E-state index in [0.29, 0.717) is 12.1 Å². The van der Waals surface area contributed by atoms with Gasteiger partial charge in [0.2, 0.25) is 0 Å². The van der Waals surface area contributed by atoms with E-state index in [-0.39, 0.29) is 19.3 Å². The molecule has 76 valence electrons. The SMILES string of the molecule is N#Cc1csc(CNC(CO)CO)c1. The van der Waals surface area contributed by atoms with E-state index in [1.807, 2.05) is 6.07 Å². The minimum absolute atomic E-state index is 0.0903. The summed E-state index contributed by atoms with van der Waals surface area (Å²) in [5.41, 5.74) is 0.649. The summed E-state index contributed by atoms with van der Waals surface area (Å²) in [5.74, 6) is 0. The Morgan fingerprint density at radius 1 is 1.50 bits per heavy atom. The molecule has 1 aromatic heterocycles. The molecule has 1 rings (SSSR count). The van der Waals surface area contributed by atoms with Crippen LogP contribution in [0.2, 0.25) is 0 Å². The van der Waals surface area contributed by atoms with E-state index in [9.17, 15) is 0 Å². The van der Waals surface area contributed by atoms with Gasteiger partial charge >= 0.3 is 0 Å². The second kappa shape index (κ2) is 5.73. The van der Waals surface area contributed by atoms with Crippen LogP contribution in [-0.2, 0) is 6.54 Å². The standard InChI is InChI=1S/C9H12N2O2S/c10-2-7-1-9(14-6-7)3-11-8(4-12)5-13/h1,6,8,11-13H,3-5H2. The molecule has 14 heavy (non-hydrogen) atoms. The van der Waals surface area contributed by atoms with Gasteiger partial charge in [0.25, 0.3) is 0 Å². The van der Waals surface area contributed by atoms with Gasteiger partial charge in [-0.1, -0.05) is 0 Å². The molecule has 0 fully saturated rings. The smallest absolute Gasteiger partial charge is 0.100 e. The summed E-state index contributed by atoms with van der Waals surface area (Å²) >= 11 is 1.49. The molecule has 0 spiro atoms. The van der Waals surface area contributed by atoms with Gasteiger partial charge in [-0.15, -0.1) is 11.3 Å². The highest BCUT2D eigenvalue weighted by molar-refractivity contribution is 7.10. The number of thiophene rings is 1. The van der Waals surface area contributed by atoms with Crippen molar-refractivity contribution in [3.63, 3.8) is 0 Å². The first-order valence-electron chi connectivity index (χ1n) is 4.22. The first kappa shape index (κ1) is 11.1. The predicted octanol–water partition coefficient (Wildman–Crippen LogP) is 0.0626. The number of aliphatic hydroxyl groups excluding tert-OH is 2. The minimum Gasteiger partial charge on any atom is -0.395 e. The van der Waals surface area contributed by atoms with Gasteiger partial charge in [-0.25, -0.2) is 0 Å². The Bertz CT molecular complexity index is 315. The molecular formula is C9H12N2O2S. The summed E-state index contributed by atoms with van der Waals surface area (Å²) in [6.07, 6.45) is 0. The average molecular weight is 212 g/mol. The topological polar surface area (TPSA) is 76.3 Å². The van der Waals surface area contributed by atoms with E-state index in [0.717, 1.165) is 4.88 Å². The summed E-state index contributed by atoms with van der Waals surface area (Å²) in [5, 5.41) is 30.9. The summed E-state index contributed by atoms with van der Waals surface area (Å²) in [6, 6.07) is 3.55. The van der Waals surface area contributed by atoms with E-state index in [1.54, 1.807) is 11.4 Å². The predicted molar refractivity (Wildman–Crippen MR) is 53.8 cm³/mol. The number of nitrogens with one attached hydrogen (secondary N) is 1. The van der Waals surface area contributed by atoms with Crippen LogP contribution in [0.15, 0.2) is 11.4 Å². The third-order valence-corrected chi connectivity index (χ3v) is 2.73. The number of nitriles is 1. The third-order valence-electron chi connectivity index (χ3n) is 1.79. The molecule has 1 heterocycles. The third kappa shape index (κ3) is 3.09. The van der Waals surface area contributed by atoms with Crippen molar-refractivity contribution in [2.75, 3.05) is 13.2 Å². The molecule has 4 nitrogen and oxygen atoms in total. The van der Waals surface area contributed by atoms with Crippen LogP contribution in [-0.4, -0.2) is 29.5 Å². The Kier molecular flexibility index (Phi) is 4.56. The monoisotopic (exact) mass is 212 g/mol. The molecule has 0 aliphatic carbocycles. The van der Waals surface area contributed by atoms with Crippen molar-refractivity contribution in [2.24, 2.45) is 0 Å². The lowest BCUT2D eigenvalue weighted by atomic mass is 10.3. The average Bonchev–Trinajstić information content (AvgIpc) is 2.67. The Balaban J connectivity index is 2.41. The Morgan fingerprint density at radius 2 is 2.21 bits per heavy atom. The van der Waals surface area contributed by atoms with E-state index in [4.69, 9.17) is 15.5 Å². The van der Waals surface area contributed by atoms with Crippen LogP contribution in [0, 0.1) is 11.3 Å². The maximum absolute atomic E-state index is 8.78. The van der Waals surface area contributed by atoms with E-state index < -0.39 is 0 Å². The summed E-state index contributed by atoms with van der Waals surface area (Å²) in [4.78, 5) is 1.02. The first-order valence-corrected chi connectivity index (χ1v) is 5.10. The van der Waals surface area contributed by atoms with Crippen molar-refractivity contribution in [3.05, 3.63) is 21.9 Å². The van der Waals surface area contributed by atoms with Crippen LogP contribution >= 0.6 is 11.3 Å². The van der Waals surface area contributed by atoms with Gasteiger partial charge in [0.15, 0.2) is 0 Å². The van der Waals surface area contributed by atoms with Crippen LogP contribution in [0.5, 0.6) is 0 Å². The van der Waals surface area contributed by atoms with E-state index in [2.05, 4.69) is 5.32 Å². The summed E-state index contributed by atoms with van der Waals surface area (Å²) in [6.45, 7) is 0.387. The molecule has 0 aliphatic rings. The minimum atomic E-state index is -0.289. The zero-order valence-electron chi connectivity index (χ0n) is 7.60. The van der Waals surface area contributed by atoms with Gasteiger partial charge in [0, 0.05) is 16.8 Å². The Hall–Kier alpha value is -0.930. The zero-order valence-corrected chi connectivity index (χ0v) is 8.42. The molecule has 0 saturated carbocycles. The second-order valence-electron chi connectivity index (χ2n) is 2.86. The maximum atomic E-state index is 8.78. The van der Waals surface area contributed by atoms with Crippen LogP contribution in [0.3, 0.4) is 0 Å². The molecule has 0 atom stereocenters. The lowest BCUT2D eigenvalue weighted by molar-refractivity contribution is 0.170. The van der Waals surface area contributed by atoms with Crippen molar-refractivity contribution in [1.82, 2.24) is 5.32 Å². The fraction of sp³-hybridized carbons (Fsp3) is 0.444. The van der Waals surface area contributed by atoms with Crippen molar-refractivity contribution >= 4 is 11.3 Å². The fourth-order valence-corrected chi connectivity index (χ4v) is 1.72. The quantitative estimate of drug-likeness (QED) is 0.645. The van der Waals surface area contributed by atoms with Crippen molar-refractivity contribution in [2.45, 2.75) is 12.6 Å². The zero-order chi connectivity index (χ0) is 10.4. The summed E-state index contributed by atoms with van der Waals surface area (Å²) in [7, 11) is 0. The van der Waals surface area contributed by atoms with Gasteiger partial charge in [-0.2, -0.15) is 5.26 Å². The number of aliphatic hydroxyl groups is 2. The van der Waals surface area contributed by atoms with E-state index in [1.165, 1.54) is 11.3 Å². The number of rotatable bonds is 5. The van der Waals surface area contributed by atoms with E-state index >= 15 is 0 Å².